The fraction of sp³-hybridized carbons (Fsp3) is 0.353. The summed E-state index contributed by atoms with van der Waals surface area (Å²) in [5.41, 5.74) is 7.86. The minimum absolute atomic E-state index is 0.0491. The quantitative estimate of drug-likeness (QED) is 0.935. The molecule has 0 fully saturated rings. The SMILES string of the molecule is C[C@@H](N)c1ccnc(Oc2cccc3c2OC(C)(C)C3)c1. The molecule has 1 aliphatic rings. The molecule has 0 amide bonds. The molecule has 3 rings (SSSR count). The lowest BCUT2D eigenvalue weighted by molar-refractivity contribution is 0.135. The van der Waals surface area contributed by atoms with Crippen molar-refractivity contribution in [1.29, 1.82) is 0 Å². The maximum absolute atomic E-state index is 6.00. The van der Waals surface area contributed by atoms with E-state index in [0.29, 0.717) is 11.6 Å². The normalized spacial score (nSPS) is 17.0. The largest absolute Gasteiger partial charge is 0.483 e. The van der Waals surface area contributed by atoms with Gasteiger partial charge in [-0.3, -0.25) is 0 Å². The molecule has 1 aliphatic heterocycles. The van der Waals surface area contributed by atoms with Crippen LogP contribution in [0.15, 0.2) is 36.5 Å². The van der Waals surface area contributed by atoms with Crippen LogP contribution < -0.4 is 15.2 Å². The Hall–Kier alpha value is -2.07. The summed E-state index contributed by atoms with van der Waals surface area (Å²) in [6.45, 7) is 6.09. The van der Waals surface area contributed by atoms with Gasteiger partial charge >= 0.3 is 0 Å². The van der Waals surface area contributed by atoms with E-state index in [-0.39, 0.29) is 11.6 Å². The molecule has 2 heterocycles. The summed E-state index contributed by atoms with van der Waals surface area (Å²) >= 11 is 0. The van der Waals surface area contributed by atoms with Crippen LogP contribution in [0.5, 0.6) is 17.4 Å². The number of benzene rings is 1. The number of para-hydroxylation sites is 1. The van der Waals surface area contributed by atoms with E-state index in [0.717, 1.165) is 17.7 Å². The number of rotatable bonds is 3. The highest BCUT2D eigenvalue weighted by molar-refractivity contribution is 5.51. The Morgan fingerprint density at radius 1 is 1.33 bits per heavy atom. The van der Waals surface area contributed by atoms with E-state index >= 15 is 0 Å². The van der Waals surface area contributed by atoms with Crippen LogP contribution in [0.2, 0.25) is 0 Å². The molecule has 0 bridgehead atoms. The van der Waals surface area contributed by atoms with Gasteiger partial charge in [0, 0.05) is 30.3 Å². The van der Waals surface area contributed by atoms with Crippen LogP contribution in [0.25, 0.3) is 0 Å². The van der Waals surface area contributed by atoms with Crippen molar-refractivity contribution < 1.29 is 9.47 Å². The number of ether oxygens (including phenoxy) is 2. The monoisotopic (exact) mass is 284 g/mol. The maximum Gasteiger partial charge on any atom is 0.219 e. The molecule has 0 radical (unpaired) electrons. The predicted molar refractivity (Wildman–Crippen MR) is 81.8 cm³/mol. The van der Waals surface area contributed by atoms with Gasteiger partial charge in [-0.15, -0.1) is 0 Å². The third-order valence-corrected chi connectivity index (χ3v) is 3.55. The Balaban J connectivity index is 1.90. The fourth-order valence-electron chi connectivity index (χ4n) is 2.54. The molecule has 0 saturated carbocycles. The Morgan fingerprint density at radius 3 is 2.90 bits per heavy atom. The van der Waals surface area contributed by atoms with Crippen molar-refractivity contribution in [3.05, 3.63) is 47.7 Å². The fourth-order valence-corrected chi connectivity index (χ4v) is 2.54. The molecule has 1 aromatic heterocycles. The number of fused-ring (bicyclic) bond motifs is 1. The lowest BCUT2D eigenvalue weighted by atomic mass is 10.0. The van der Waals surface area contributed by atoms with E-state index in [1.807, 2.05) is 31.2 Å². The lowest BCUT2D eigenvalue weighted by Gasteiger charge is -2.18. The van der Waals surface area contributed by atoms with Gasteiger partial charge in [-0.2, -0.15) is 0 Å². The highest BCUT2D eigenvalue weighted by Gasteiger charge is 2.32. The number of aromatic nitrogens is 1. The van der Waals surface area contributed by atoms with Crippen LogP contribution in [0, 0.1) is 0 Å². The predicted octanol–water partition coefficient (Wildman–Crippen LogP) is 3.61. The number of hydrogen-bond donors (Lipinski definition) is 1. The molecule has 21 heavy (non-hydrogen) atoms. The molecule has 2 N–H and O–H groups in total. The number of nitrogens with two attached hydrogens (primary N) is 1. The first-order valence-corrected chi connectivity index (χ1v) is 7.15. The molecule has 0 saturated heterocycles. The second-order valence-electron chi connectivity index (χ2n) is 6.10. The standard InChI is InChI=1S/C17H20N2O2/c1-11(18)12-7-8-19-15(9-12)20-14-6-4-5-13-10-17(2,3)21-16(13)14/h4-9,11H,10,18H2,1-3H3/t11-/m1/s1. The third kappa shape index (κ3) is 2.85. The van der Waals surface area contributed by atoms with Crippen molar-refractivity contribution in [2.75, 3.05) is 0 Å². The van der Waals surface area contributed by atoms with Crippen molar-refractivity contribution in [1.82, 2.24) is 4.98 Å². The van der Waals surface area contributed by atoms with Crippen LogP contribution in [0.4, 0.5) is 0 Å². The lowest BCUT2D eigenvalue weighted by Crippen LogP contribution is -2.24. The molecule has 0 unspecified atom stereocenters. The summed E-state index contributed by atoms with van der Waals surface area (Å²) < 4.78 is 11.9. The maximum atomic E-state index is 6.00. The van der Waals surface area contributed by atoms with Crippen molar-refractivity contribution in [2.45, 2.75) is 38.8 Å². The first-order valence-electron chi connectivity index (χ1n) is 7.15. The van der Waals surface area contributed by atoms with Crippen LogP contribution in [-0.4, -0.2) is 10.6 Å². The van der Waals surface area contributed by atoms with E-state index in [9.17, 15) is 0 Å². The molecule has 110 valence electrons. The minimum atomic E-state index is -0.192. The van der Waals surface area contributed by atoms with Gasteiger partial charge in [-0.25, -0.2) is 4.98 Å². The molecular formula is C17H20N2O2. The molecule has 1 atom stereocenters. The molecule has 4 heteroatoms. The summed E-state index contributed by atoms with van der Waals surface area (Å²) in [4.78, 5) is 4.25. The first-order chi connectivity index (χ1) is 9.94. The Bertz CT molecular complexity index is 666. The van der Waals surface area contributed by atoms with E-state index in [4.69, 9.17) is 15.2 Å². The molecule has 0 aliphatic carbocycles. The zero-order chi connectivity index (χ0) is 15.0. The van der Waals surface area contributed by atoms with Crippen LogP contribution in [0.3, 0.4) is 0 Å². The van der Waals surface area contributed by atoms with Gasteiger partial charge in [0.25, 0.3) is 0 Å². The number of pyridine rings is 1. The van der Waals surface area contributed by atoms with E-state index in [1.54, 1.807) is 6.20 Å². The molecular weight excluding hydrogens is 264 g/mol. The van der Waals surface area contributed by atoms with Gasteiger partial charge in [-0.05, 0) is 38.5 Å². The third-order valence-electron chi connectivity index (χ3n) is 3.55. The average molecular weight is 284 g/mol. The number of hydrogen-bond acceptors (Lipinski definition) is 4. The summed E-state index contributed by atoms with van der Waals surface area (Å²) in [6, 6.07) is 9.67. The Morgan fingerprint density at radius 2 is 2.14 bits per heavy atom. The van der Waals surface area contributed by atoms with Crippen molar-refractivity contribution in [3.63, 3.8) is 0 Å². The summed E-state index contributed by atoms with van der Waals surface area (Å²) in [5.74, 6) is 2.05. The molecule has 1 aromatic carbocycles. The summed E-state index contributed by atoms with van der Waals surface area (Å²) in [7, 11) is 0. The topological polar surface area (TPSA) is 57.4 Å². The van der Waals surface area contributed by atoms with Gasteiger partial charge in [0.05, 0.1) is 0 Å². The van der Waals surface area contributed by atoms with Gasteiger partial charge < -0.3 is 15.2 Å². The Kier molecular flexibility index (Phi) is 3.33. The summed E-state index contributed by atoms with van der Waals surface area (Å²) in [5, 5.41) is 0. The van der Waals surface area contributed by atoms with Crippen molar-refractivity contribution in [3.8, 4) is 17.4 Å². The molecule has 4 nitrogen and oxygen atoms in total. The highest BCUT2D eigenvalue weighted by Crippen LogP contribution is 2.43. The highest BCUT2D eigenvalue weighted by atomic mass is 16.5. The second-order valence-corrected chi connectivity index (χ2v) is 6.10. The van der Waals surface area contributed by atoms with Gasteiger partial charge in [-0.1, -0.05) is 12.1 Å². The van der Waals surface area contributed by atoms with Crippen LogP contribution >= 0.6 is 0 Å². The minimum Gasteiger partial charge on any atom is -0.483 e. The molecule has 2 aromatic rings. The van der Waals surface area contributed by atoms with Gasteiger partial charge in [0.15, 0.2) is 11.5 Å². The van der Waals surface area contributed by atoms with Gasteiger partial charge in [0.1, 0.15) is 5.60 Å². The first kappa shape index (κ1) is 13.9. The van der Waals surface area contributed by atoms with Crippen molar-refractivity contribution in [2.24, 2.45) is 5.73 Å². The Labute approximate surface area is 124 Å². The zero-order valence-corrected chi connectivity index (χ0v) is 12.6. The van der Waals surface area contributed by atoms with Crippen LogP contribution in [-0.2, 0) is 6.42 Å². The van der Waals surface area contributed by atoms with E-state index < -0.39 is 0 Å². The zero-order valence-electron chi connectivity index (χ0n) is 12.6. The van der Waals surface area contributed by atoms with E-state index in [1.165, 1.54) is 5.56 Å². The van der Waals surface area contributed by atoms with Crippen LogP contribution in [0.1, 0.15) is 37.9 Å². The van der Waals surface area contributed by atoms with E-state index in [2.05, 4.69) is 24.9 Å². The number of nitrogens with zero attached hydrogens (tertiary/aromatic N) is 1. The van der Waals surface area contributed by atoms with Gasteiger partial charge in [0.2, 0.25) is 5.88 Å². The second kappa shape index (κ2) is 5.04. The smallest absolute Gasteiger partial charge is 0.219 e. The summed E-state index contributed by atoms with van der Waals surface area (Å²) in [6.07, 6.45) is 2.59. The van der Waals surface area contributed by atoms with Crippen molar-refractivity contribution >= 4 is 0 Å². The molecule has 0 spiro atoms. The average Bonchev–Trinajstić information content (AvgIpc) is 2.74.